The molecule has 0 saturated heterocycles. The molecule has 1 aromatic rings. The van der Waals surface area contributed by atoms with Gasteiger partial charge in [-0.3, -0.25) is 0 Å². The van der Waals surface area contributed by atoms with Crippen LogP contribution in [0.4, 0.5) is 8.78 Å². The summed E-state index contributed by atoms with van der Waals surface area (Å²) in [5.74, 6) is 0. The lowest BCUT2D eigenvalue weighted by molar-refractivity contribution is 0.146. The number of hydrogen-bond acceptors (Lipinski definition) is 1. The minimum atomic E-state index is -2.66. The Morgan fingerprint density at radius 3 is 2.42 bits per heavy atom. The molecular weight excluding hydrogens is 322 g/mol. The van der Waals surface area contributed by atoms with Gasteiger partial charge < -0.3 is 0 Å². The third kappa shape index (κ3) is 2.17. The van der Waals surface area contributed by atoms with Crippen molar-refractivity contribution in [3.8, 4) is 0 Å². The highest BCUT2D eigenvalue weighted by Gasteiger charge is 2.15. The Hall–Kier alpha value is 0.320. The maximum absolute atomic E-state index is 12.1. The first-order chi connectivity index (χ1) is 5.52. The zero-order valence-electron chi connectivity index (χ0n) is 5.49. The number of halogens is 5. The van der Waals surface area contributed by atoms with Crippen LogP contribution in [0.15, 0.2) is 6.07 Å². The zero-order chi connectivity index (χ0) is 9.30. The topological polar surface area (TPSA) is 12.9 Å². The molecule has 6 heteroatoms. The molecule has 12 heavy (non-hydrogen) atoms. The predicted octanol–water partition coefficient (Wildman–Crippen LogP) is 3.93. The van der Waals surface area contributed by atoms with Crippen LogP contribution in [-0.4, -0.2) is 4.98 Å². The minimum Gasteiger partial charge on any atom is -0.238 e. The molecule has 0 aliphatic carbocycles. The summed E-state index contributed by atoms with van der Waals surface area (Å²) in [4.78, 5) is 3.54. The molecule has 0 spiro atoms. The molecule has 0 unspecified atom stereocenters. The molecule has 0 saturated carbocycles. The first-order valence-corrected chi connectivity index (χ1v) is 4.65. The fourth-order valence-electron chi connectivity index (χ4n) is 0.610. The summed E-state index contributed by atoms with van der Waals surface area (Å²) in [7, 11) is 0. The van der Waals surface area contributed by atoms with E-state index < -0.39 is 12.1 Å². The summed E-state index contributed by atoms with van der Waals surface area (Å²) in [6, 6.07) is 1.26. The minimum absolute atomic E-state index is 0.101. The molecule has 66 valence electrons. The Morgan fingerprint density at radius 1 is 1.33 bits per heavy atom. The molecule has 0 aromatic carbocycles. The monoisotopic (exact) mass is 323 g/mol. The SMILES string of the molecule is FC(F)c1nc(I)c(Cl)cc1Cl. The van der Waals surface area contributed by atoms with E-state index in [-0.39, 0.29) is 10.0 Å². The molecule has 0 amide bonds. The van der Waals surface area contributed by atoms with Crippen LogP contribution in [0.25, 0.3) is 0 Å². The molecule has 0 fully saturated rings. The number of hydrogen-bond donors (Lipinski definition) is 0. The second-order valence-electron chi connectivity index (χ2n) is 1.93. The highest BCUT2D eigenvalue weighted by Crippen LogP contribution is 2.29. The maximum atomic E-state index is 12.1. The maximum Gasteiger partial charge on any atom is 0.281 e. The van der Waals surface area contributed by atoms with E-state index in [4.69, 9.17) is 23.2 Å². The van der Waals surface area contributed by atoms with Crippen molar-refractivity contribution >= 4 is 45.8 Å². The van der Waals surface area contributed by atoms with Crippen LogP contribution in [0.5, 0.6) is 0 Å². The first-order valence-electron chi connectivity index (χ1n) is 2.82. The quantitative estimate of drug-likeness (QED) is 0.563. The van der Waals surface area contributed by atoms with Crippen molar-refractivity contribution in [2.24, 2.45) is 0 Å². The summed E-state index contributed by atoms with van der Waals surface area (Å²) in [6.07, 6.45) is -2.66. The summed E-state index contributed by atoms with van der Waals surface area (Å²) in [6.45, 7) is 0. The van der Waals surface area contributed by atoms with Gasteiger partial charge in [0.05, 0.1) is 10.0 Å². The molecule has 1 rings (SSSR count). The molecule has 0 radical (unpaired) electrons. The fraction of sp³-hybridized carbons (Fsp3) is 0.167. The number of aromatic nitrogens is 1. The van der Waals surface area contributed by atoms with E-state index in [1.807, 2.05) is 0 Å². The van der Waals surface area contributed by atoms with Crippen molar-refractivity contribution in [3.05, 3.63) is 25.5 Å². The summed E-state index contributed by atoms with van der Waals surface area (Å²) in [5, 5.41) is 0.181. The molecule has 0 bridgehead atoms. The van der Waals surface area contributed by atoms with Crippen LogP contribution in [0.2, 0.25) is 10.0 Å². The highest BCUT2D eigenvalue weighted by atomic mass is 127. The van der Waals surface area contributed by atoms with Crippen molar-refractivity contribution < 1.29 is 8.78 Å². The summed E-state index contributed by atoms with van der Waals surface area (Å²) in [5.41, 5.74) is -0.425. The molecule has 0 atom stereocenters. The van der Waals surface area contributed by atoms with Crippen LogP contribution >= 0.6 is 45.8 Å². The normalized spacial score (nSPS) is 10.8. The smallest absolute Gasteiger partial charge is 0.238 e. The second-order valence-corrected chi connectivity index (χ2v) is 3.76. The van der Waals surface area contributed by atoms with Gasteiger partial charge in [0, 0.05) is 0 Å². The van der Waals surface area contributed by atoms with Gasteiger partial charge in [0.2, 0.25) is 0 Å². The Kier molecular flexibility index (Phi) is 3.48. The molecule has 1 aromatic heterocycles. The largest absolute Gasteiger partial charge is 0.281 e. The average molecular weight is 324 g/mol. The van der Waals surface area contributed by atoms with Gasteiger partial charge in [0.15, 0.2) is 0 Å². The standard InChI is InChI=1S/C6H2Cl2F2IN/c7-2-1-3(8)6(11)12-4(2)5(9)10/h1,5H. The van der Waals surface area contributed by atoms with Gasteiger partial charge in [0.1, 0.15) is 9.39 Å². The van der Waals surface area contributed by atoms with Crippen LogP contribution in [0.3, 0.4) is 0 Å². The second kappa shape index (κ2) is 4.02. The van der Waals surface area contributed by atoms with Crippen molar-refractivity contribution in [1.29, 1.82) is 0 Å². The van der Waals surface area contributed by atoms with Gasteiger partial charge in [-0.05, 0) is 28.7 Å². The Labute approximate surface area is 91.2 Å². The Bertz CT molecular complexity index is 306. The molecular formula is C6H2Cl2F2IN. The highest BCUT2D eigenvalue weighted by molar-refractivity contribution is 14.1. The van der Waals surface area contributed by atoms with Crippen LogP contribution < -0.4 is 0 Å². The van der Waals surface area contributed by atoms with Gasteiger partial charge in [-0.15, -0.1) is 0 Å². The van der Waals surface area contributed by atoms with E-state index >= 15 is 0 Å². The van der Waals surface area contributed by atoms with E-state index in [1.54, 1.807) is 22.6 Å². The molecule has 0 aliphatic heterocycles. The molecule has 1 heterocycles. The third-order valence-electron chi connectivity index (χ3n) is 1.12. The zero-order valence-corrected chi connectivity index (χ0v) is 9.16. The summed E-state index contributed by atoms with van der Waals surface area (Å²) >= 11 is 12.8. The van der Waals surface area contributed by atoms with Crippen molar-refractivity contribution in [1.82, 2.24) is 4.98 Å². The lowest BCUT2D eigenvalue weighted by Crippen LogP contribution is -1.94. The van der Waals surface area contributed by atoms with E-state index in [0.29, 0.717) is 3.70 Å². The Balaban J connectivity index is 3.23. The van der Waals surface area contributed by atoms with Gasteiger partial charge >= 0.3 is 0 Å². The van der Waals surface area contributed by atoms with E-state index in [9.17, 15) is 8.78 Å². The predicted molar refractivity (Wildman–Crippen MR) is 51.9 cm³/mol. The van der Waals surface area contributed by atoms with Gasteiger partial charge in [0.25, 0.3) is 6.43 Å². The number of rotatable bonds is 1. The Morgan fingerprint density at radius 2 is 1.92 bits per heavy atom. The number of nitrogens with zero attached hydrogens (tertiary/aromatic N) is 1. The molecule has 1 nitrogen and oxygen atoms in total. The van der Waals surface area contributed by atoms with Crippen molar-refractivity contribution in [2.75, 3.05) is 0 Å². The van der Waals surface area contributed by atoms with Crippen molar-refractivity contribution in [3.63, 3.8) is 0 Å². The molecule has 0 aliphatic rings. The lowest BCUT2D eigenvalue weighted by atomic mass is 10.3. The van der Waals surface area contributed by atoms with Gasteiger partial charge in [-0.1, -0.05) is 23.2 Å². The first kappa shape index (κ1) is 10.4. The number of pyridine rings is 1. The van der Waals surface area contributed by atoms with Gasteiger partial charge in [-0.25, -0.2) is 13.8 Å². The van der Waals surface area contributed by atoms with Crippen LogP contribution in [0.1, 0.15) is 12.1 Å². The fourth-order valence-corrected chi connectivity index (χ4v) is 1.47. The van der Waals surface area contributed by atoms with Crippen LogP contribution in [-0.2, 0) is 0 Å². The average Bonchev–Trinajstić information content (AvgIpc) is 1.96. The van der Waals surface area contributed by atoms with Crippen LogP contribution in [0, 0.1) is 3.70 Å². The van der Waals surface area contributed by atoms with Gasteiger partial charge in [-0.2, -0.15) is 0 Å². The third-order valence-corrected chi connectivity index (χ3v) is 2.85. The van der Waals surface area contributed by atoms with E-state index in [1.165, 1.54) is 6.07 Å². The van der Waals surface area contributed by atoms with E-state index in [2.05, 4.69) is 4.98 Å². The lowest BCUT2D eigenvalue weighted by Gasteiger charge is -2.03. The van der Waals surface area contributed by atoms with E-state index in [0.717, 1.165) is 0 Å². The summed E-state index contributed by atoms with van der Waals surface area (Å²) < 4.78 is 24.6. The van der Waals surface area contributed by atoms with Crippen molar-refractivity contribution in [2.45, 2.75) is 6.43 Å². The molecule has 0 N–H and O–H groups in total. The number of alkyl halides is 2.